The topological polar surface area (TPSA) is 45.7 Å². The van der Waals surface area contributed by atoms with Gasteiger partial charge in [-0.05, 0) is 25.7 Å². The van der Waals surface area contributed by atoms with E-state index in [4.69, 9.17) is 4.74 Å². The number of aliphatic imine (C=N–C) groups is 1. The highest BCUT2D eigenvalue weighted by atomic mass is 127. The van der Waals surface area contributed by atoms with Crippen LogP contribution in [-0.4, -0.2) is 38.3 Å². The molecular weight excluding hydrogens is 353 g/mol. The lowest BCUT2D eigenvalue weighted by Crippen LogP contribution is -2.43. The zero-order valence-corrected chi connectivity index (χ0v) is 15.9. The van der Waals surface area contributed by atoms with Crippen molar-refractivity contribution in [1.29, 1.82) is 0 Å². The van der Waals surface area contributed by atoms with Gasteiger partial charge in [0.2, 0.25) is 0 Å². The van der Waals surface area contributed by atoms with Gasteiger partial charge in [0.05, 0.1) is 12.6 Å². The standard InChI is InChI=1S/C14H31N3O.HI/c1-8-11(3)17-13(15-9-2)16-10-12(18-7)14(4,5)6;/h11-12H,8-10H2,1-7H3,(H2,15,16,17);1H. The molecule has 0 aliphatic rings. The molecule has 116 valence electrons. The van der Waals surface area contributed by atoms with Crippen LogP contribution in [0.3, 0.4) is 0 Å². The Morgan fingerprint density at radius 1 is 1.26 bits per heavy atom. The number of hydrogen-bond acceptors (Lipinski definition) is 2. The third kappa shape index (κ3) is 9.49. The fourth-order valence-electron chi connectivity index (χ4n) is 1.53. The van der Waals surface area contributed by atoms with E-state index in [1.54, 1.807) is 7.11 Å². The van der Waals surface area contributed by atoms with Gasteiger partial charge < -0.3 is 15.4 Å². The predicted octanol–water partition coefficient (Wildman–Crippen LogP) is 3.02. The highest BCUT2D eigenvalue weighted by molar-refractivity contribution is 14.0. The van der Waals surface area contributed by atoms with E-state index in [1.807, 2.05) is 0 Å². The molecule has 0 aliphatic heterocycles. The lowest BCUT2D eigenvalue weighted by atomic mass is 9.89. The van der Waals surface area contributed by atoms with Gasteiger partial charge in [-0.25, -0.2) is 0 Å². The number of nitrogens with zero attached hydrogens (tertiary/aromatic N) is 1. The molecule has 0 aliphatic carbocycles. The number of guanidine groups is 1. The van der Waals surface area contributed by atoms with Crippen molar-refractivity contribution in [2.45, 2.75) is 60.1 Å². The summed E-state index contributed by atoms with van der Waals surface area (Å²) in [7, 11) is 1.75. The summed E-state index contributed by atoms with van der Waals surface area (Å²) in [5, 5.41) is 6.64. The Bertz CT molecular complexity index is 252. The molecule has 0 fully saturated rings. The predicted molar refractivity (Wildman–Crippen MR) is 94.5 cm³/mol. The number of ether oxygens (including phenoxy) is 1. The summed E-state index contributed by atoms with van der Waals surface area (Å²) in [5.74, 6) is 0.873. The van der Waals surface area contributed by atoms with Crippen LogP contribution in [0.4, 0.5) is 0 Å². The van der Waals surface area contributed by atoms with Crippen LogP contribution in [0, 0.1) is 5.41 Å². The Balaban J connectivity index is 0. The average molecular weight is 385 g/mol. The number of nitrogens with one attached hydrogen (secondary N) is 2. The number of methoxy groups -OCH3 is 1. The van der Waals surface area contributed by atoms with Gasteiger partial charge in [-0.3, -0.25) is 4.99 Å². The van der Waals surface area contributed by atoms with Gasteiger partial charge in [0, 0.05) is 19.7 Å². The van der Waals surface area contributed by atoms with Crippen LogP contribution in [0.25, 0.3) is 0 Å². The molecule has 4 nitrogen and oxygen atoms in total. The maximum absolute atomic E-state index is 5.51. The highest BCUT2D eigenvalue weighted by Crippen LogP contribution is 2.21. The normalized spacial score (nSPS) is 15.4. The third-order valence-electron chi connectivity index (χ3n) is 3.01. The minimum absolute atomic E-state index is 0. The second kappa shape index (κ2) is 10.7. The summed E-state index contributed by atoms with van der Waals surface area (Å²) in [6.07, 6.45) is 1.21. The molecule has 0 heterocycles. The van der Waals surface area contributed by atoms with Crippen LogP contribution in [-0.2, 0) is 4.74 Å². The fraction of sp³-hybridized carbons (Fsp3) is 0.929. The molecule has 0 amide bonds. The molecule has 0 bridgehead atoms. The van der Waals surface area contributed by atoms with Gasteiger partial charge in [0.25, 0.3) is 0 Å². The lowest BCUT2D eigenvalue weighted by Gasteiger charge is -2.28. The van der Waals surface area contributed by atoms with Crippen molar-refractivity contribution in [3.63, 3.8) is 0 Å². The van der Waals surface area contributed by atoms with Gasteiger partial charge in [-0.15, -0.1) is 24.0 Å². The zero-order valence-electron chi connectivity index (χ0n) is 13.5. The molecule has 0 aromatic heterocycles. The molecular formula is C14H32IN3O. The van der Waals surface area contributed by atoms with E-state index in [0.29, 0.717) is 12.6 Å². The molecule has 0 aromatic rings. The van der Waals surface area contributed by atoms with Gasteiger partial charge in [0.15, 0.2) is 5.96 Å². The van der Waals surface area contributed by atoms with Crippen molar-refractivity contribution in [2.75, 3.05) is 20.2 Å². The van der Waals surface area contributed by atoms with Crippen LogP contribution < -0.4 is 10.6 Å². The molecule has 0 saturated heterocycles. The molecule has 2 N–H and O–H groups in total. The second-order valence-corrected chi connectivity index (χ2v) is 5.76. The average Bonchev–Trinajstić information content (AvgIpc) is 2.27. The van der Waals surface area contributed by atoms with Gasteiger partial charge >= 0.3 is 0 Å². The molecule has 0 radical (unpaired) electrons. The smallest absolute Gasteiger partial charge is 0.191 e. The first-order valence-electron chi connectivity index (χ1n) is 6.92. The summed E-state index contributed by atoms with van der Waals surface area (Å²) in [5.41, 5.74) is 0.103. The fourth-order valence-corrected chi connectivity index (χ4v) is 1.53. The van der Waals surface area contributed by atoms with Crippen LogP contribution in [0.1, 0.15) is 48.0 Å². The molecule has 0 aromatic carbocycles. The molecule has 19 heavy (non-hydrogen) atoms. The zero-order chi connectivity index (χ0) is 14.2. The quantitative estimate of drug-likeness (QED) is 0.420. The summed E-state index contributed by atoms with van der Waals surface area (Å²) in [4.78, 5) is 4.61. The van der Waals surface area contributed by atoms with Crippen molar-refractivity contribution in [1.82, 2.24) is 10.6 Å². The summed E-state index contributed by atoms with van der Waals surface area (Å²) in [6.45, 7) is 14.5. The Kier molecular flexibility index (Phi) is 12.0. The molecule has 0 spiro atoms. The largest absolute Gasteiger partial charge is 0.379 e. The monoisotopic (exact) mass is 385 g/mol. The first-order valence-corrected chi connectivity index (χ1v) is 6.92. The van der Waals surface area contributed by atoms with Gasteiger partial charge in [-0.2, -0.15) is 0 Å². The Morgan fingerprint density at radius 3 is 2.21 bits per heavy atom. The second-order valence-electron chi connectivity index (χ2n) is 5.76. The van der Waals surface area contributed by atoms with Crippen LogP contribution in [0.15, 0.2) is 4.99 Å². The van der Waals surface area contributed by atoms with E-state index in [-0.39, 0.29) is 35.5 Å². The van der Waals surface area contributed by atoms with Crippen molar-refractivity contribution in [3.8, 4) is 0 Å². The van der Waals surface area contributed by atoms with Crippen molar-refractivity contribution >= 4 is 29.9 Å². The summed E-state index contributed by atoms with van der Waals surface area (Å²) in [6, 6.07) is 0.429. The number of rotatable bonds is 6. The lowest BCUT2D eigenvalue weighted by molar-refractivity contribution is 0.0241. The Labute approximate surface area is 136 Å². The molecule has 2 unspecified atom stereocenters. The molecule has 0 saturated carbocycles. The van der Waals surface area contributed by atoms with Gasteiger partial charge in [0.1, 0.15) is 0 Å². The maximum Gasteiger partial charge on any atom is 0.191 e. The van der Waals surface area contributed by atoms with Crippen molar-refractivity contribution < 1.29 is 4.74 Å². The maximum atomic E-state index is 5.51. The highest BCUT2D eigenvalue weighted by Gasteiger charge is 2.24. The first kappa shape index (κ1) is 21.3. The third-order valence-corrected chi connectivity index (χ3v) is 3.01. The van der Waals surface area contributed by atoms with Crippen LogP contribution >= 0.6 is 24.0 Å². The summed E-state index contributed by atoms with van der Waals surface area (Å²) < 4.78 is 5.51. The van der Waals surface area contributed by atoms with E-state index < -0.39 is 0 Å². The van der Waals surface area contributed by atoms with Crippen molar-refractivity contribution in [2.24, 2.45) is 10.4 Å². The first-order chi connectivity index (χ1) is 8.35. The van der Waals surface area contributed by atoms with E-state index in [1.165, 1.54) is 0 Å². The van der Waals surface area contributed by atoms with Crippen molar-refractivity contribution in [3.05, 3.63) is 0 Å². The van der Waals surface area contributed by atoms with Crippen LogP contribution in [0.5, 0.6) is 0 Å². The SMILES string of the molecule is CCNC(=NCC(OC)C(C)(C)C)NC(C)CC.I. The molecule has 2 atom stereocenters. The molecule has 0 rings (SSSR count). The number of hydrogen-bond donors (Lipinski definition) is 2. The molecule has 5 heteroatoms. The Hall–Kier alpha value is -0.0400. The number of halogens is 1. The minimum Gasteiger partial charge on any atom is -0.379 e. The summed E-state index contributed by atoms with van der Waals surface area (Å²) >= 11 is 0. The van der Waals surface area contributed by atoms with E-state index >= 15 is 0 Å². The van der Waals surface area contributed by atoms with Crippen LogP contribution in [0.2, 0.25) is 0 Å². The van der Waals surface area contributed by atoms with Gasteiger partial charge in [-0.1, -0.05) is 27.7 Å². The van der Waals surface area contributed by atoms with E-state index in [9.17, 15) is 0 Å². The Morgan fingerprint density at radius 2 is 1.84 bits per heavy atom. The van der Waals surface area contributed by atoms with E-state index in [0.717, 1.165) is 18.9 Å². The minimum atomic E-state index is 0. The van der Waals surface area contributed by atoms with E-state index in [2.05, 4.69) is 57.2 Å².